The third-order valence-electron chi connectivity index (χ3n) is 2.22. The second kappa shape index (κ2) is 5.81. The molecule has 1 aromatic carbocycles. The molecule has 2 rings (SSSR count). The molecule has 6 heteroatoms. The highest BCUT2D eigenvalue weighted by Crippen LogP contribution is 2.04. The van der Waals surface area contributed by atoms with E-state index < -0.39 is 0 Å². The standard InChI is InChI=1S/C12H14N4O2/c1-9-15-16-11(18-9)7-8-13-12(17)14-10-5-3-2-4-6-10/h2-6H,7-8H2,1H3,(H2,13,14,17). The van der Waals surface area contributed by atoms with Crippen LogP contribution >= 0.6 is 0 Å². The van der Waals surface area contributed by atoms with Gasteiger partial charge in [-0.05, 0) is 12.1 Å². The molecule has 18 heavy (non-hydrogen) atoms. The Morgan fingerprint density at radius 1 is 1.28 bits per heavy atom. The fourth-order valence-corrected chi connectivity index (χ4v) is 1.42. The zero-order valence-corrected chi connectivity index (χ0v) is 10.0. The number of nitrogens with zero attached hydrogens (tertiary/aromatic N) is 2. The average Bonchev–Trinajstić information content (AvgIpc) is 2.76. The number of benzene rings is 1. The van der Waals surface area contributed by atoms with Gasteiger partial charge in [0.2, 0.25) is 11.8 Å². The third-order valence-corrected chi connectivity index (χ3v) is 2.22. The van der Waals surface area contributed by atoms with E-state index in [0.717, 1.165) is 5.69 Å². The summed E-state index contributed by atoms with van der Waals surface area (Å²) in [6.45, 7) is 2.17. The van der Waals surface area contributed by atoms with E-state index in [0.29, 0.717) is 24.7 Å². The normalized spacial score (nSPS) is 10.1. The van der Waals surface area contributed by atoms with Crippen LogP contribution in [0.15, 0.2) is 34.7 Å². The van der Waals surface area contributed by atoms with E-state index in [2.05, 4.69) is 20.8 Å². The Morgan fingerprint density at radius 2 is 2.06 bits per heavy atom. The molecule has 0 aliphatic rings. The molecule has 0 unspecified atom stereocenters. The van der Waals surface area contributed by atoms with Crippen LogP contribution in [0.25, 0.3) is 0 Å². The molecule has 0 spiro atoms. The molecular formula is C12H14N4O2. The van der Waals surface area contributed by atoms with E-state index in [4.69, 9.17) is 4.42 Å². The third kappa shape index (κ3) is 3.58. The van der Waals surface area contributed by atoms with Gasteiger partial charge >= 0.3 is 6.03 Å². The van der Waals surface area contributed by atoms with Gasteiger partial charge in [0.15, 0.2) is 0 Å². The van der Waals surface area contributed by atoms with E-state index >= 15 is 0 Å². The largest absolute Gasteiger partial charge is 0.426 e. The smallest absolute Gasteiger partial charge is 0.319 e. The number of aromatic nitrogens is 2. The molecule has 2 aromatic rings. The maximum Gasteiger partial charge on any atom is 0.319 e. The van der Waals surface area contributed by atoms with Crippen LogP contribution in [0, 0.1) is 6.92 Å². The van der Waals surface area contributed by atoms with Crippen LogP contribution in [0.1, 0.15) is 11.8 Å². The Labute approximate surface area is 104 Å². The number of amides is 2. The summed E-state index contributed by atoms with van der Waals surface area (Å²) in [6, 6.07) is 8.99. The predicted octanol–water partition coefficient (Wildman–Crippen LogP) is 1.74. The average molecular weight is 246 g/mol. The number of hydrogen-bond acceptors (Lipinski definition) is 4. The van der Waals surface area contributed by atoms with Crippen molar-refractivity contribution in [3.05, 3.63) is 42.1 Å². The lowest BCUT2D eigenvalue weighted by atomic mass is 10.3. The Morgan fingerprint density at radius 3 is 2.72 bits per heavy atom. The summed E-state index contributed by atoms with van der Waals surface area (Å²) in [6.07, 6.45) is 0.517. The molecule has 1 aromatic heterocycles. The minimum Gasteiger partial charge on any atom is -0.426 e. The van der Waals surface area contributed by atoms with E-state index in [1.165, 1.54) is 0 Å². The minimum absolute atomic E-state index is 0.252. The summed E-state index contributed by atoms with van der Waals surface area (Å²) < 4.78 is 5.19. The van der Waals surface area contributed by atoms with Crippen molar-refractivity contribution in [1.29, 1.82) is 0 Å². The number of carbonyl (C=O) groups is 1. The van der Waals surface area contributed by atoms with Crippen LogP contribution in [0.2, 0.25) is 0 Å². The molecule has 0 radical (unpaired) electrons. The van der Waals surface area contributed by atoms with Gasteiger partial charge in [0.05, 0.1) is 0 Å². The number of aryl methyl sites for hydroxylation is 1. The first-order chi connectivity index (χ1) is 8.74. The first-order valence-electron chi connectivity index (χ1n) is 5.63. The molecule has 0 saturated heterocycles. The van der Waals surface area contributed by atoms with Crippen LogP contribution in [0.3, 0.4) is 0 Å². The number of anilines is 1. The highest BCUT2D eigenvalue weighted by Gasteiger charge is 2.04. The Balaban J connectivity index is 1.72. The second-order valence-corrected chi connectivity index (χ2v) is 3.71. The zero-order chi connectivity index (χ0) is 12.8. The molecule has 0 aliphatic heterocycles. The lowest BCUT2D eigenvalue weighted by molar-refractivity contribution is 0.252. The van der Waals surface area contributed by atoms with E-state index in [1.807, 2.05) is 30.3 Å². The zero-order valence-electron chi connectivity index (χ0n) is 10.0. The monoisotopic (exact) mass is 246 g/mol. The molecule has 1 heterocycles. The molecule has 0 aliphatic carbocycles. The highest BCUT2D eigenvalue weighted by atomic mass is 16.4. The number of urea groups is 1. The number of rotatable bonds is 4. The van der Waals surface area contributed by atoms with Crippen molar-refractivity contribution in [1.82, 2.24) is 15.5 Å². The predicted molar refractivity (Wildman–Crippen MR) is 66.2 cm³/mol. The first-order valence-corrected chi connectivity index (χ1v) is 5.63. The Kier molecular flexibility index (Phi) is 3.90. The lowest BCUT2D eigenvalue weighted by Crippen LogP contribution is -2.30. The van der Waals surface area contributed by atoms with Crippen LogP contribution in [-0.2, 0) is 6.42 Å². The maximum atomic E-state index is 11.5. The van der Waals surface area contributed by atoms with E-state index in [9.17, 15) is 4.79 Å². The molecular weight excluding hydrogens is 232 g/mol. The summed E-state index contributed by atoms with van der Waals surface area (Å²) in [5, 5.41) is 13.0. The molecule has 94 valence electrons. The van der Waals surface area contributed by atoms with Crippen molar-refractivity contribution < 1.29 is 9.21 Å². The number of hydrogen-bond donors (Lipinski definition) is 2. The van der Waals surface area contributed by atoms with Gasteiger partial charge in [-0.2, -0.15) is 0 Å². The summed E-state index contributed by atoms with van der Waals surface area (Å²) in [5.41, 5.74) is 0.753. The molecule has 0 saturated carbocycles. The maximum absolute atomic E-state index is 11.5. The van der Waals surface area contributed by atoms with Crippen LogP contribution < -0.4 is 10.6 Å². The van der Waals surface area contributed by atoms with Gasteiger partial charge in [0.1, 0.15) is 0 Å². The van der Waals surface area contributed by atoms with E-state index in [1.54, 1.807) is 6.92 Å². The number of carbonyl (C=O) groups excluding carboxylic acids is 1. The summed E-state index contributed by atoms with van der Waals surface area (Å²) in [7, 11) is 0. The molecule has 0 bridgehead atoms. The van der Waals surface area contributed by atoms with Crippen molar-refractivity contribution in [3.63, 3.8) is 0 Å². The molecule has 0 fully saturated rings. The second-order valence-electron chi connectivity index (χ2n) is 3.71. The van der Waals surface area contributed by atoms with E-state index in [-0.39, 0.29) is 6.03 Å². The molecule has 6 nitrogen and oxygen atoms in total. The van der Waals surface area contributed by atoms with Gasteiger partial charge in [-0.25, -0.2) is 4.79 Å². The molecule has 2 N–H and O–H groups in total. The van der Waals surface area contributed by atoms with Gasteiger partial charge in [0.25, 0.3) is 0 Å². The van der Waals surface area contributed by atoms with Crippen molar-refractivity contribution in [2.24, 2.45) is 0 Å². The summed E-state index contributed by atoms with van der Waals surface area (Å²) >= 11 is 0. The summed E-state index contributed by atoms with van der Waals surface area (Å²) in [5.74, 6) is 1.05. The van der Waals surface area contributed by atoms with Gasteiger partial charge in [-0.15, -0.1) is 10.2 Å². The summed E-state index contributed by atoms with van der Waals surface area (Å²) in [4.78, 5) is 11.5. The van der Waals surface area contributed by atoms with Gasteiger partial charge in [-0.3, -0.25) is 0 Å². The SMILES string of the molecule is Cc1nnc(CCNC(=O)Nc2ccccc2)o1. The topological polar surface area (TPSA) is 80.0 Å². The number of nitrogens with one attached hydrogen (secondary N) is 2. The first kappa shape index (κ1) is 12.1. The Bertz CT molecular complexity index is 510. The fourth-order valence-electron chi connectivity index (χ4n) is 1.42. The van der Waals surface area contributed by atoms with Gasteiger partial charge in [-0.1, -0.05) is 18.2 Å². The molecule has 2 amide bonds. The fraction of sp³-hybridized carbons (Fsp3) is 0.250. The van der Waals surface area contributed by atoms with Crippen LogP contribution in [0.4, 0.5) is 10.5 Å². The lowest BCUT2D eigenvalue weighted by Gasteiger charge is -2.05. The van der Waals surface area contributed by atoms with Crippen molar-refractivity contribution in [2.75, 3.05) is 11.9 Å². The highest BCUT2D eigenvalue weighted by molar-refractivity contribution is 5.89. The van der Waals surface area contributed by atoms with Crippen molar-refractivity contribution in [2.45, 2.75) is 13.3 Å². The van der Waals surface area contributed by atoms with Gasteiger partial charge in [0, 0.05) is 25.6 Å². The molecule has 0 atom stereocenters. The van der Waals surface area contributed by atoms with Crippen LogP contribution in [0.5, 0.6) is 0 Å². The minimum atomic E-state index is -0.252. The Hall–Kier alpha value is -2.37. The van der Waals surface area contributed by atoms with Gasteiger partial charge < -0.3 is 15.1 Å². The van der Waals surface area contributed by atoms with Crippen LogP contribution in [-0.4, -0.2) is 22.8 Å². The van der Waals surface area contributed by atoms with Crippen molar-refractivity contribution in [3.8, 4) is 0 Å². The quantitative estimate of drug-likeness (QED) is 0.861. The van der Waals surface area contributed by atoms with Crippen molar-refractivity contribution >= 4 is 11.7 Å². The number of para-hydroxylation sites is 1.